The number of nitrogens with zero attached hydrogens (tertiary/aromatic N) is 1. The molecule has 1 unspecified atom stereocenters. The number of ether oxygens (including phenoxy) is 1. The van der Waals surface area contributed by atoms with Crippen molar-refractivity contribution in [2.45, 2.75) is 26.9 Å². The second-order valence-electron chi connectivity index (χ2n) is 5.10. The van der Waals surface area contributed by atoms with E-state index in [1.54, 1.807) is 0 Å². The highest BCUT2D eigenvalue weighted by Gasteiger charge is 2.06. The molecule has 0 aliphatic heterocycles. The third kappa shape index (κ3) is 11.2. The van der Waals surface area contributed by atoms with Crippen LogP contribution in [-0.4, -0.2) is 38.6 Å². The van der Waals surface area contributed by atoms with Crippen molar-refractivity contribution in [3.8, 4) is 0 Å². The van der Waals surface area contributed by atoms with E-state index in [1.165, 1.54) is 0 Å². The van der Waals surface area contributed by atoms with Crippen LogP contribution in [0.2, 0.25) is 0 Å². The van der Waals surface area contributed by atoms with Gasteiger partial charge in [0.25, 0.3) is 6.43 Å². The Balaban J connectivity index is 0.00000484. The first-order valence-electron chi connectivity index (χ1n) is 7.53. The van der Waals surface area contributed by atoms with Crippen molar-refractivity contribution in [1.29, 1.82) is 0 Å². The zero-order valence-electron chi connectivity index (χ0n) is 13.6. The monoisotopic (exact) mass is 441 g/mol. The van der Waals surface area contributed by atoms with E-state index in [1.807, 2.05) is 44.2 Å². The van der Waals surface area contributed by atoms with Gasteiger partial charge in [-0.05, 0) is 18.4 Å². The van der Waals surface area contributed by atoms with Gasteiger partial charge in [-0.2, -0.15) is 0 Å². The van der Waals surface area contributed by atoms with Crippen molar-refractivity contribution in [1.82, 2.24) is 10.6 Å². The molecule has 0 aromatic heterocycles. The Morgan fingerprint density at radius 2 is 1.91 bits per heavy atom. The molecule has 132 valence electrons. The topological polar surface area (TPSA) is 45.7 Å². The first-order chi connectivity index (χ1) is 10.6. The normalized spacial score (nSPS) is 12.7. The Kier molecular flexibility index (Phi) is 12.9. The quantitative estimate of drug-likeness (QED) is 0.351. The zero-order valence-corrected chi connectivity index (χ0v) is 15.9. The highest BCUT2D eigenvalue weighted by Crippen LogP contribution is 2.03. The number of nitrogens with one attached hydrogen (secondary N) is 2. The molecule has 1 rings (SSSR count). The molecular formula is C16H26F2IN3O. The van der Waals surface area contributed by atoms with E-state index in [0.717, 1.165) is 5.56 Å². The fraction of sp³-hybridized carbons (Fsp3) is 0.562. The minimum atomic E-state index is -2.39. The molecule has 0 fully saturated rings. The first-order valence-corrected chi connectivity index (χ1v) is 7.53. The van der Waals surface area contributed by atoms with Crippen LogP contribution >= 0.6 is 24.0 Å². The van der Waals surface area contributed by atoms with Gasteiger partial charge in [0.15, 0.2) is 5.96 Å². The fourth-order valence-corrected chi connectivity index (χ4v) is 1.77. The van der Waals surface area contributed by atoms with Crippen molar-refractivity contribution in [2.24, 2.45) is 10.9 Å². The summed E-state index contributed by atoms with van der Waals surface area (Å²) < 4.78 is 30.0. The third-order valence-corrected chi connectivity index (χ3v) is 2.84. The Hall–Kier alpha value is -0.960. The summed E-state index contributed by atoms with van der Waals surface area (Å²) in [5.74, 6) is 0.628. The maximum atomic E-state index is 12.2. The lowest BCUT2D eigenvalue weighted by molar-refractivity contribution is 0.0944. The highest BCUT2D eigenvalue weighted by molar-refractivity contribution is 14.0. The number of hydrogen-bond acceptors (Lipinski definition) is 2. The lowest BCUT2D eigenvalue weighted by Crippen LogP contribution is -2.40. The van der Waals surface area contributed by atoms with Crippen LogP contribution in [0.1, 0.15) is 19.4 Å². The molecule has 0 radical (unpaired) electrons. The van der Waals surface area contributed by atoms with Gasteiger partial charge >= 0.3 is 0 Å². The Labute approximate surface area is 154 Å². The SMILES string of the molecule is CCNC(=NCC(C)COCc1ccccc1)NCC(F)F.I. The summed E-state index contributed by atoms with van der Waals surface area (Å²) in [5.41, 5.74) is 1.13. The second-order valence-corrected chi connectivity index (χ2v) is 5.10. The van der Waals surface area contributed by atoms with Crippen molar-refractivity contribution in [3.63, 3.8) is 0 Å². The molecule has 23 heavy (non-hydrogen) atoms. The number of hydrogen-bond donors (Lipinski definition) is 2. The lowest BCUT2D eigenvalue weighted by atomic mass is 10.2. The summed E-state index contributed by atoms with van der Waals surface area (Å²) in [6, 6.07) is 9.95. The van der Waals surface area contributed by atoms with Crippen molar-refractivity contribution >= 4 is 29.9 Å². The van der Waals surface area contributed by atoms with E-state index in [9.17, 15) is 8.78 Å². The molecule has 1 aromatic carbocycles. The number of rotatable bonds is 9. The molecular weight excluding hydrogens is 415 g/mol. The molecule has 0 amide bonds. The number of benzene rings is 1. The predicted octanol–water partition coefficient (Wildman–Crippen LogP) is 3.28. The van der Waals surface area contributed by atoms with E-state index in [0.29, 0.717) is 32.3 Å². The molecule has 7 heteroatoms. The van der Waals surface area contributed by atoms with Crippen molar-refractivity contribution < 1.29 is 13.5 Å². The summed E-state index contributed by atoms with van der Waals surface area (Å²) in [4.78, 5) is 4.29. The highest BCUT2D eigenvalue weighted by atomic mass is 127. The number of guanidine groups is 1. The van der Waals surface area contributed by atoms with Crippen LogP contribution in [0.25, 0.3) is 0 Å². The summed E-state index contributed by atoms with van der Waals surface area (Å²) >= 11 is 0. The fourth-order valence-electron chi connectivity index (χ4n) is 1.77. The molecule has 0 spiro atoms. The lowest BCUT2D eigenvalue weighted by Gasteiger charge is -2.13. The summed E-state index contributed by atoms with van der Waals surface area (Å²) in [5, 5.41) is 5.55. The Morgan fingerprint density at radius 1 is 1.22 bits per heavy atom. The molecule has 4 nitrogen and oxygen atoms in total. The number of alkyl halides is 2. The smallest absolute Gasteiger partial charge is 0.255 e. The number of aliphatic imine (C=N–C) groups is 1. The molecule has 1 aromatic rings. The average Bonchev–Trinajstić information content (AvgIpc) is 2.51. The minimum Gasteiger partial charge on any atom is -0.376 e. The summed E-state index contributed by atoms with van der Waals surface area (Å²) in [7, 11) is 0. The van der Waals surface area contributed by atoms with Crippen LogP contribution in [0.15, 0.2) is 35.3 Å². The molecule has 1 atom stereocenters. The molecule has 0 aliphatic rings. The molecule has 0 aliphatic carbocycles. The van der Waals surface area contributed by atoms with E-state index >= 15 is 0 Å². The standard InChI is InChI=1S/C16H25F2N3O.HI/c1-3-19-16(21-10-15(17)18)20-9-13(2)11-22-12-14-7-5-4-6-8-14;/h4-8,13,15H,3,9-12H2,1-2H3,(H2,19,20,21);1H. The van der Waals surface area contributed by atoms with Crippen LogP contribution in [0.5, 0.6) is 0 Å². The van der Waals surface area contributed by atoms with Gasteiger partial charge in [0.05, 0.1) is 19.8 Å². The summed E-state index contributed by atoms with van der Waals surface area (Å²) in [6.45, 7) is 5.81. The third-order valence-electron chi connectivity index (χ3n) is 2.84. The maximum Gasteiger partial charge on any atom is 0.255 e. The van der Waals surface area contributed by atoms with Crippen molar-refractivity contribution in [3.05, 3.63) is 35.9 Å². The second kappa shape index (κ2) is 13.5. The van der Waals surface area contributed by atoms with Crippen LogP contribution in [0, 0.1) is 5.92 Å². The van der Waals surface area contributed by atoms with Gasteiger partial charge in [0.2, 0.25) is 0 Å². The molecule has 0 saturated carbocycles. The van der Waals surface area contributed by atoms with Crippen LogP contribution in [-0.2, 0) is 11.3 Å². The Bertz CT molecular complexity index is 433. The largest absolute Gasteiger partial charge is 0.376 e. The van der Waals surface area contributed by atoms with Gasteiger partial charge < -0.3 is 15.4 Å². The Morgan fingerprint density at radius 3 is 2.52 bits per heavy atom. The van der Waals surface area contributed by atoms with Crippen LogP contribution in [0.4, 0.5) is 8.78 Å². The van der Waals surface area contributed by atoms with Gasteiger partial charge in [-0.15, -0.1) is 24.0 Å². The van der Waals surface area contributed by atoms with E-state index in [4.69, 9.17) is 4.74 Å². The summed E-state index contributed by atoms with van der Waals surface area (Å²) in [6.07, 6.45) is -2.39. The van der Waals surface area contributed by atoms with Gasteiger partial charge in [-0.25, -0.2) is 8.78 Å². The molecule has 0 saturated heterocycles. The molecule has 2 N–H and O–H groups in total. The van der Waals surface area contributed by atoms with E-state index in [2.05, 4.69) is 15.6 Å². The molecule has 0 heterocycles. The predicted molar refractivity (Wildman–Crippen MR) is 101 cm³/mol. The van der Waals surface area contributed by atoms with E-state index in [-0.39, 0.29) is 29.9 Å². The van der Waals surface area contributed by atoms with Gasteiger partial charge in [-0.1, -0.05) is 37.3 Å². The zero-order chi connectivity index (χ0) is 16.2. The van der Waals surface area contributed by atoms with Gasteiger partial charge in [0, 0.05) is 13.1 Å². The van der Waals surface area contributed by atoms with Gasteiger partial charge in [0.1, 0.15) is 0 Å². The van der Waals surface area contributed by atoms with E-state index < -0.39 is 13.0 Å². The maximum absolute atomic E-state index is 12.2. The minimum absolute atomic E-state index is 0. The first kappa shape index (κ1) is 22.0. The van der Waals surface area contributed by atoms with Gasteiger partial charge in [-0.3, -0.25) is 4.99 Å². The number of halogens is 3. The van der Waals surface area contributed by atoms with Crippen LogP contribution < -0.4 is 10.6 Å². The molecule has 0 bridgehead atoms. The van der Waals surface area contributed by atoms with Crippen LogP contribution in [0.3, 0.4) is 0 Å². The average molecular weight is 441 g/mol. The van der Waals surface area contributed by atoms with Crippen molar-refractivity contribution in [2.75, 3.05) is 26.2 Å².